The van der Waals surface area contributed by atoms with Crippen LogP contribution in [0.1, 0.15) is 44.1 Å². The summed E-state index contributed by atoms with van der Waals surface area (Å²) < 4.78 is 38.5. The molecular weight excluding hydrogens is 396 g/mol. The summed E-state index contributed by atoms with van der Waals surface area (Å²) in [6, 6.07) is 5.50. The van der Waals surface area contributed by atoms with E-state index in [0.29, 0.717) is 12.4 Å². The molecule has 0 saturated heterocycles. The standard InChI is InChI=1S/C17H27BrO5S/c1-21-12-7-5-3-4-6-8-13-22-16-11-9-10-15(17(16)18)14-23-24(2,19)20/h9-11H,3-8,12-14H2,1-2H3. The molecule has 5 nitrogen and oxygen atoms in total. The van der Waals surface area contributed by atoms with Gasteiger partial charge in [-0.1, -0.05) is 37.8 Å². The monoisotopic (exact) mass is 422 g/mol. The van der Waals surface area contributed by atoms with Crippen molar-refractivity contribution in [3.63, 3.8) is 0 Å². The highest BCUT2D eigenvalue weighted by atomic mass is 79.9. The van der Waals surface area contributed by atoms with Crippen molar-refractivity contribution in [2.45, 2.75) is 45.1 Å². The van der Waals surface area contributed by atoms with Gasteiger partial charge in [-0.25, -0.2) is 0 Å². The van der Waals surface area contributed by atoms with E-state index in [0.717, 1.165) is 42.2 Å². The Morgan fingerprint density at radius 1 is 1.00 bits per heavy atom. The van der Waals surface area contributed by atoms with Crippen LogP contribution in [0.4, 0.5) is 0 Å². The number of benzene rings is 1. The van der Waals surface area contributed by atoms with E-state index in [2.05, 4.69) is 15.9 Å². The maximum absolute atomic E-state index is 11.1. The Hall–Kier alpha value is -0.630. The third-order valence-corrected chi connectivity index (χ3v) is 4.92. The molecule has 7 heteroatoms. The van der Waals surface area contributed by atoms with Gasteiger partial charge in [0.1, 0.15) is 5.75 Å². The largest absolute Gasteiger partial charge is 0.492 e. The number of unbranched alkanes of at least 4 members (excludes halogenated alkanes) is 5. The van der Waals surface area contributed by atoms with Crippen LogP contribution in [0.15, 0.2) is 22.7 Å². The second-order valence-electron chi connectivity index (χ2n) is 5.66. The molecule has 0 heterocycles. The van der Waals surface area contributed by atoms with E-state index < -0.39 is 10.1 Å². The Balaban J connectivity index is 2.28. The Bertz CT molecular complexity index is 574. The summed E-state index contributed by atoms with van der Waals surface area (Å²) in [5.41, 5.74) is 0.746. The summed E-state index contributed by atoms with van der Waals surface area (Å²) in [4.78, 5) is 0. The number of ether oxygens (including phenoxy) is 2. The van der Waals surface area contributed by atoms with Gasteiger partial charge in [0.2, 0.25) is 0 Å². The molecule has 1 aromatic rings. The predicted octanol–water partition coefficient (Wildman–Crippen LogP) is 4.29. The molecule has 0 fully saturated rings. The molecule has 0 spiro atoms. The number of methoxy groups -OCH3 is 1. The molecule has 0 bridgehead atoms. The van der Waals surface area contributed by atoms with Crippen LogP contribution < -0.4 is 4.74 Å². The van der Waals surface area contributed by atoms with Crippen molar-refractivity contribution in [2.75, 3.05) is 26.6 Å². The van der Waals surface area contributed by atoms with Crippen LogP contribution in [-0.2, 0) is 25.6 Å². The van der Waals surface area contributed by atoms with Crippen molar-refractivity contribution in [1.82, 2.24) is 0 Å². The SMILES string of the molecule is COCCCCCCCCOc1cccc(COS(C)(=O)=O)c1Br. The summed E-state index contributed by atoms with van der Waals surface area (Å²) in [6.45, 7) is 1.49. The maximum Gasteiger partial charge on any atom is 0.264 e. The minimum Gasteiger partial charge on any atom is -0.492 e. The smallest absolute Gasteiger partial charge is 0.264 e. The number of hydrogen-bond acceptors (Lipinski definition) is 5. The zero-order valence-electron chi connectivity index (χ0n) is 14.4. The van der Waals surface area contributed by atoms with E-state index in [9.17, 15) is 8.42 Å². The molecule has 0 unspecified atom stereocenters. The number of hydrogen-bond donors (Lipinski definition) is 0. The highest BCUT2D eigenvalue weighted by molar-refractivity contribution is 9.10. The molecule has 1 rings (SSSR count). The highest BCUT2D eigenvalue weighted by Crippen LogP contribution is 2.29. The molecule has 0 aliphatic rings. The minimum atomic E-state index is -3.46. The second kappa shape index (κ2) is 11.8. The van der Waals surface area contributed by atoms with Gasteiger partial charge in [0.15, 0.2) is 0 Å². The van der Waals surface area contributed by atoms with Crippen LogP contribution in [0.5, 0.6) is 5.75 Å². The first-order chi connectivity index (χ1) is 11.4. The van der Waals surface area contributed by atoms with E-state index in [-0.39, 0.29) is 6.61 Å². The lowest BCUT2D eigenvalue weighted by Crippen LogP contribution is -2.04. The lowest BCUT2D eigenvalue weighted by molar-refractivity contribution is 0.191. The van der Waals surface area contributed by atoms with Crippen molar-refractivity contribution in [1.29, 1.82) is 0 Å². The summed E-state index contributed by atoms with van der Waals surface area (Å²) in [5, 5.41) is 0. The first-order valence-electron chi connectivity index (χ1n) is 8.17. The van der Waals surface area contributed by atoms with Gasteiger partial charge in [-0.3, -0.25) is 4.18 Å². The van der Waals surface area contributed by atoms with Crippen molar-refractivity contribution < 1.29 is 22.1 Å². The number of halogens is 1. The Kier molecular flexibility index (Phi) is 10.6. The summed E-state index contributed by atoms with van der Waals surface area (Å²) in [7, 11) is -1.72. The third-order valence-electron chi connectivity index (χ3n) is 3.47. The Morgan fingerprint density at radius 2 is 1.62 bits per heavy atom. The first kappa shape index (κ1) is 21.4. The molecule has 0 aliphatic heterocycles. The minimum absolute atomic E-state index is 0.00189. The lowest BCUT2D eigenvalue weighted by atomic mass is 10.1. The molecule has 0 radical (unpaired) electrons. The van der Waals surface area contributed by atoms with E-state index in [1.54, 1.807) is 7.11 Å². The molecule has 0 N–H and O–H groups in total. The van der Waals surface area contributed by atoms with E-state index >= 15 is 0 Å². The van der Waals surface area contributed by atoms with Crippen molar-refractivity contribution in [3.8, 4) is 5.75 Å². The fourth-order valence-electron chi connectivity index (χ4n) is 2.19. The summed E-state index contributed by atoms with van der Waals surface area (Å²) in [5.74, 6) is 0.713. The van der Waals surface area contributed by atoms with Crippen LogP contribution in [0.2, 0.25) is 0 Å². The fourth-order valence-corrected chi connectivity index (χ4v) is 3.02. The van der Waals surface area contributed by atoms with Gasteiger partial charge in [0.05, 0.1) is 23.9 Å². The number of rotatable bonds is 13. The van der Waals surface area contributed by atoms with Crippen molar-refractivity contribution in [3.05, 3.63) is 28.2 Å². The van der Waals surface area contributed by atoms with E-state index in [4.69, 9.17) is 13.7 Å². The highest BCUT2D eigenvalue weighted by Gasteiger charge is 2.10. The van der Waals surface area contributed by atoms with Gasteiger partial charge in [0.25, 0.3) is 10.1 Å². The molecule has 1 aromatic carbocycles. The van der Waals surface area contributed by atoms with Gasteiger partial charge in [-0.2, -0.15) is 8.42 Å². The molecule has 24 heavy (non-hydrogen) atoms. The normalized spacial score (nSPS) is 11.6. The van der Waals surface area contributed by atoms with Crippen LogP contribution in [0, 0.1) is 0 Å². The van der Waals surface area contributed by atoms with Gasteiger partial charge in [0, 0.05) is 13.7 Å². The third kappa shape index (κ3) is 9.61. The van der Waals surface area contributed by atoms with Crippen LogP contribution in [0.3, 0.4) is 0 Å². The molecule has 0 aliphatic carbocycles. The van der Waals surface area contributed by atoms with E-state index in [1.165, 1.54) is 19.3 Å². The molecular formula is C17H27BrO5S. The van der Waals surface area contributed by atoms with Crippen molar-refractivity contribution in [2.24, 2.45) is 0 Å². The van der Waals surface area contributed by atoms with Crippen molar-refractivity contribution >= 4 is 26.0 Å². The molecule has 0 amide bonds. The molecule has 0 saturated carbocycles. The quantitative estimate of drug-likeness (QED) is 0.350. The predicted molar refractivity (Wildman–Crippen MR) is 98.8 cm³/mol. The molecule has 138 valence electrons. The van der Waals surface area contributed by atoms with Crippen LogP contribution in [0.25, 0.3) is 0 Å². The Labute approximate surface area is 153 Å². The molecule has 0 aromatic heterocycles. The lowest BCUT2D eigenvalue weighted by Gasteiger charge is -2.11. The zero-order chi connectivity index (χ0) is 17.8. The van der Waals surface area contributed by atoms with Gasteiger partial charge in [-0.05, 0) is 40.4 Å². The first-order valence-corrected chi connectivity index (χ1v) is 10.8. The van der Waals surface area contributed by atoms with Gasteiger partial charge < -0.3 is 9.47 Å². The Morgan fingerprint density at radius 3 is 2.25 bits per heavy atom. The van der Waals surface area contributed by atoms with Crippen LogP contribution >= 0.6 is 15.9 Å². The summed E-state index contributed by atoms with van der Waals surface area (Å²) >= 11 is 3.46. The van der Waals surface area contributed by atoms with Gasteiger partial charge in [-0.15, -0.1) is 0 Å². The maximum atomic E-state index is 11.1. The summed E-state index contributed by atoms with van der Waals surface area (Å²) in [6.07, 6.45) is 7.95. The second-order valence-corrected chi connectivity index (χ2v) is 8.10. The zero-order valence-corrected chi connectivity index (χ0v) is 16.8. The molecule has 0 atom stereocenters. The van der Waals surface area contributed by atoms with Crippen LogP contribution in [-0.4, -0.2) is 35.0 Å². The van der Waals surface area contributed by atoms with Gasteiger partial charge >= 0.3 is 0 Å². The van der Waals surface area contributed by atoms with E-state index in [1.807, 2.05) is 18.2 Å². The fraction of sp³-hybridized carbons (Fsp3) is 0.647. The topological polar surface area (TPSA) is 61.8 Å². The average Bonchev–Trinajstić information content (AvgIpc) is 2.52. The average molecular weight is 423 g/mol.